The minimum absolute atomic E-state index is 0.0612. The third-order valence-corrected chi connectivity index (χ3v) is 2.76. The van der Waals surface area contributed by atoms with Gasteiger partial charge in [0, 0.05) is 11.6 Å². The first-order chi connectivity index (χ1) is 9.63. The molecular weight excluding hydrogens is 256 g/mol. The highest BCUT2D eigenvalue weighted by molar-refractivity contribution is 6.06. The van der Waals surface area contributed by atoms with Gasteiger partial charge >= 0.3 is 5.97 Å². The van der Waals surface area contributed by atoms with Crippen LogP contribution in [-0.2, 0) is 4.79 Å². The second-order valence-corrected chi connectivity index (χ2v) is 4.14. The van der Waals surface area contributed by atoms with E-state index in [-0.39, 0.29) is 6.54 Å². The number of carbonyl (C=O) groups excluding carboxylic acids is 1. The Morgan fingerprint density at radius 1 is 1.30 bits per heavy atom. The summed E-state index contributed by atoms with van der Waals surface area (Å²) in [6, 6.07) is 8.78. The molecule has 0 unspecified atom stereocenters. The Balaban J connectivity index is 2.44. The highest BCUT2D eigenvalue weighted by Gasteiger charge is 2.20. The summed E-state index contributed by atoms with van der Waals surface area (Å²) in [5.41, 5.74) is 0.881. The molecule has 0 atom stereocenters. The van der Waals surface area contributed by atoms with E-state index in [4.69, 9.17) is 11.5 Å². The number of carboxylic acids is 1. The zero-order valence-corrected chi connectivity index (χ0v) is 10.6. The van der Waals surface area contributed by atoms with Crippen molar-refractivity contribution in [3.63, 3.8) is 0 Å². The third kappa shape index (κ3) is 2.75. The second-order valence-electron chi connectivity index (χ2n) is 4.14. The van der Waals surface area contributed by atoms with Gasteiger partial charge in [0.2, 0.25) is 0 Å². The fourth-order valence-corrected chi connectivity index (χ4v) is 1.92. The van der Waals surface area contributed by atoms with Crippen LogP contribution in [0.25, 0.3) is 10.9 Å². The highest BCUT2D eigenvalue weighted by Crippen LogP contribution is 2.17. The van der Waals surface area contributed by atoms with Crippen LogP contribution in [0.5, 0.6) is 0 Å². The fourth-order valence-electron chi connectivity index (χ4n) is 1.92. The van der Waals surface area contributed by atoms with E-state index in [0.717, 1.165) is 10.3 Å². The van der Waals surface area contributed by atoms with Crippen LogP contribution in [0.4, 0.5) is 0 Å². The molecule has 0 saturated heterocycles. The monoisotopic (exact) mass is 268 g/mol. The molecular formula is C15H12N2O3. The highest BCUT2D eigenvalue weighted by atomic mass is 16.4. The number of hydrogen-bond donors (Lipinski definition) is 1. The van der Waals surface area contributed by atoms with Gasteiger partial charge in [-0.2, -0.15) is 0 Å². The van der Waals surface area contributed by atoms with Crippen LogP contribution in [-0.4, -0.2) is 40.0 Å². The fraction of sp³-hybridized carbons (Fsp3) is 0.133. The average Bonchev–Trinajstić information content (AvgIpc) is 2.45. The predicted octanol–water partition coefficient (Wildman–Crippen LogP) is 1.39. The number of benzene rings is 1. The van der Waals surface area contributed by atoms with Gasteiger partial charge in [0.25, 0.3) is 5.91 Å². The molecule has 1 N–H and O–H groups in total. The summed E-state index contributed by atoms with van der Waals surface area (Å²) >= 11 is 0. The molecule has 0 saturated carbocycles. The summed E-state index contributed by atoms with van der Waals surface area (Å²) in [6.07, 6.45) is 6.77. The second kappa shape index (κ2) is 5.85. The van der Waals surface area contributed by atoms with Crippen LogP contribution in [0.15, 0.2) is 36.5 Å². The number of carbonyl (C=O) groups is 2. The molecule has 0 bridgehead atoms. The van der Waals surface area contributed by atoms with E-state index in [0.29, 0.717) is 11.1 Å². The molecule has 1 heterocycles. The molecule has 0 aliphatic heterocycles. The maximum absolute atomic E-state index is 12.4. The number of aliphatic carboxylic acids is 1. The smallest absolute Gasteiger partial charge is 0.323 e. The van der Waals surface area contributed by atoms with Gasteiger partial charge in [0.15, 0.2) is 0 Å². The van der Waals surface area contributed by atoms with E-state index < -0.39 is 18.4 Å². The van der Waals surface area contributed by atoms with Crippen LogP contribution in [0, 0.1) is 12.3 Å². The number of carboxylic acid groups (broad SMARTS) is 1. The van der Waals surface area contributed by atoms with E-state index in [9.17, 15) is 9.59 Å². The van der Waals surface area contributed by atoms with E-state index in [1.165, 1.54) is 0 Å². The number of amides is 1. The van der Waals surface area contributed by atoms with Crippen molar-refractivity contribution >= 4 is 22.8 Å². The van der Waals surface area contributed by atoms with Gasteiger partial charge in [-0.25, -0.2) is 0 Å². The standard InChI is InChI=1S/C15H12N2O3/c1-2-9-17(10-13(18)19)15(20)12-7-3-5-11-6-4-8-16-14(11)12/h1,3-8H,9-10H2,(H,18,19). The van der Waals surface area contributed by atoms with E-state index in [2.05, 4.69) is 10.9 Å². The van der Waals surface area contributed by atoms with Crippen molar-refractivity contribution in [3.8, 4) is 12.3 Å². The number of hydrogen-bond acceptors (Lipinski definition) is 3. The third-order valence-electron chi connectivity index (χ3n) is 2.76. The zero-order valence-electron chi connectivity index (χ0n) is 10.6. The van der Waals surface area contributed by atoms with Crippen LogP contribution in [0.3, 0.4) is 0 Å². The Kier molecular flexibility index (Phi) is 3.96. The van der Waals surface area contributed by atoms with Crippen molar-refractivity contribution < 1.29 is 14.7 Å². The molecule has 0 spiro atoms. The molecule has 1 amide bonds. The molecule has 20 heavy (non-hydrogen) atoms. The molecule has 1 aromatic heterocycles. The lowest BCUT2D eigenvalue weighted by Crippen LogP contribution is -2.36. The average molecular weight is 268 g/mol. The van der Waals surface area contributed by atoms with Gasteiger partial charge in [-0.15, -0.1) is 6.42 Å². The Hall–Kier alpha value is -2.87. The maximum atomic E-state index is 12.4. The summed E-state index contributed by atoms with van der Waals surface area (Å²) in [5, 5.41) is 9.66. The number of pyridine rings is 1. The first kappa shape index (κ1) is 13.6. The minimum Gasteiger partial charge on any atom is -0.480 e. The Morgan fingerprint density at radius 2 is 2.05 bits per heavy atom. The quantitative estimate of drug-likeness (QED) is 0.851. The van der Waals surface area contributed by atoms with E-state index >= 15 is 0 Å². The lowest BCUT2D eigenvalue weighted by molar-refractivity contribution is -0.137. The Bertz CT molecular complexity index is 698. The summed E-state index contributed by atoms with van der Waals surface area (Å²) in [6.45, 7) is -0.499. The van der Waals surface area contributed by atoms with Crippen molar-refractivity contribution in [2.75, 3.05) is 13.1 Å². The van der Waals surface area contributed by atoms with Gasteiger partial charge in [0.05, 0.1) is 17.6 Å². The van der Waals surface area contributed by atoms with Gasteiger partial charge < -0.3 is 10.0 Å². The lowest BCUT2D eigenvalue weighted by atomic mass is 10.1. The molecule has 0 aliphatic rings. The summed E-state index contributed by atoms with van der Waals surface area (Å²) in [7, 11) is 0. The summed E-state index contributed by atoms with van der Waals surface area (Å²) in [4.78, 5) is 28.5. The topological polar surface area (TPSA) is 70.5 Å². The van der Waals surface area contributed by atoms with E-state index in [1.807, 2.05) is 12.1 Å². The molecule has 0 aliphatic carbocycles. The number of fused-ring (bicyclic) bond motifs is 1. The number of aromatic nitrogens is 1. The molecule has 0 radical (unpaired) electrons. The summed E-state index contributed by atoms with van der Waals surface area (Å²) in [5.74, 6) is 0.748. The molecule has 2 aromatic rings. The van der Waals surface area contributed by atoms with Crippen molar-refractivity contribution in [3.05, 3.63) is 42.1 Å². The first-order valence-electron chi connectivity index (χ1n) is 5.91. The lowest BCUT2D eigenvalue weighted by Gasteiger charge is -2.18. The molecule has 5 heteroatoms. The Labute approximate surface area is 115 Å². The molecule has 100 valence electrons. The van der Waals surface area contributed by atoms with Gasteiger partial charge in [-0.3, -0.25) is 14.6 Å². The minimum atomic E-state index is -1.11. The SMILES string of the molecule is C#CCN(CC(=O)O)C(=O)c1cccc2cccnc12. The zero-order chi connectivity index (χ0) is 14.5. The number of para-hydroxylation sites is 1. The van der Waals surface area contributed by atoms with Gasteiger partial charge in [0.1, 0.15) is 6.54 Å². The molecule has 5 nitrogen and oxygen atoms in total. The summed E-state index contributed by atoms with van der Waals surface area (Å²) < 4.78 is 0. The molecule has 1 aromatic carbocycles. The van der Waals surface area contributed by atoms with E-state index in [1.54, 1.807) is 24.4 Å². The van der Waals surface area contributed by atoms with Gasteiger partial charge in [-0.05, 0) is 12.1 Å². The first-order valence-corrected chi connectivity index (χ1v) is 5.91. The molecule has 2 rings (SSSR count). The van der Waals surface area contributed by atoms with Crippen molar-refractivity contribution in [1.29, 1.82) is 0 Å². The van der Waals surface area contributed by atoms with Crippen LogP contribution in [0.2, 0.25) is 0 Å². The Morgan fingerprint density at radius 3 is 2.75 bits per heavy atom. The largest absolute Gasteiger partial charge is 0.480 e. The maximum Gasteiger partial charge on any atom is 0.323 e. The van der Waals surface area contributed by atoms with Crippen molar-refractivity contribution in [1.82, 2.24) is 9.88 Å². The van der Waals surface area contributed by atoms with Crippen LogP contribution < -0.4 is 0 Å². The number of nitrogens with zero attached hydrogens (tertiary/aromatic N) is 2. The van der Waals surface area contributed by atoms with Crippen LogP contribution >= 0.6 is 0 Å². The number of terminal acetylenes is 1. The number of rotatable bonds is 4. The van der Waals surface area contributed by atoms with Crippen molar-refractivity contribution in [2.24, 2.45) is 0 Å². The van der Waals surface area contributed by atoms with Gasteiger partial charge in [-0.1, -0.05) is 24.1 Å². The van der Waals surface area contributed by atoms with Crippen LogP contribution in [0.1, 0.15) is 10.4 Å². The van der Waals surface area contributed by atoms with Crippen molar-refractivity contribution in [2.45, 2.75) is 0 Å². The molecule has 0 fully saturated rings. The normalized spacial score (nSPS) is 9.95. The predicted molar refractivity (Wildman–Crippen MR) is 74.1 cm³/mol.